The van der Waals surface area contributed by atoms with E-state index in [-0.39, 0.29) is 16.8 Å². The number of fused-ring (bicyclic) bond motifs is 2. The molecule has 6 rings (SSSR count). The number of carbonyl (C=O) groups is 1. The Kier molecular flexibility index (Phi) is 4.55. The van der Waals surface area contributed by atoms with Gasteiger partial charge in [-0.15, -0.1) is 6.42 Å². The van der Waals surface area contributed by atoms with Crippen molar-refractivity contribution in [1.29, 1.82) is 5.26 Å². The average Bonchev–Trinajstić information content (AvgIpc) is 3.50. The number of nitrogens with one attached hydrogen (secondary N) is 1. The molecular formula is C27H21FN6O. The number of H-pyrrole nitrogens is 1. The molecule has 0 unspecified atom stereocenters. The lowest BCUT2D eigenvalue weighted by Crippen LogP contribution is -2.59. The summed E-state index contributed by atoms with van der Waals surface area (Å²) in [6.45, 7) is 4.42. The minimum Gasteiger partial charge on any atom is -0.355 e. The van der Waals surface area contributed by atoms with Crippen LogP contribution in [0.25, 0.3) is 32.9 Å². The maximum absolute atomic E-state index is 15.1. The zero-order valence-electron chi connectivity index (χ0n) is 19.1. The van der Waals surface area contributed by atoms with E-state index in [0.29, 0.717) is 48.5 Å². The van der Waals surface area contributed by atoms with Gasteiger partial charge in [0, 0.05) is 47.9 Å². The van der Waals surface area contributed by atoms with Crippen molar-refractivity contribution in [1.82, 2.24) is 20.1 Å². The van der Waals surface area contributed by atoms with E-state index in [2.05, 4.69) is 27.1 Å². The van der Waals surface area contributed by atoms with E-state index in [0.717, 1.165) is 28.5 Å². The third kappa shape index (κ3) is 3.07. The second kappa shape index (κ2) is 7.54. The number of pyridine rings is 1. The summed E-state index contributed by atoms with van der Waals surface area (Å²) in [5.74, 6) is 1.91. The van der Waals surface area contributed by atoms with E-state index >= 15 is 4.39 Å². The molecule has 2 aromatic carbocycles. The standard InChI is InChI=1S/C27H21FN6O/c1-3-22(35)34-14-27(15-34)9-10-33(13-27)26-18(11-29)24(17-5-4-6-20(28)25(17)31-26)23-16(2)7-8-21-19(23)12-30-32-21/h1,4-8,12H,9-10,13-15H2,2H3,(H,30,32). The second-order valence-corrected chi connectivity index (χ2v) is 9.50. The maximum Gasteiger partial charge on any atom is 0.298 e. The number of hydrogen-bond donors (Lipinski definition) is 1. The Labute approximate surface area is 201 Å². The van der Waals surface area contributed by atoms with Gasteiger partial charge in [-0.25, -0.2) is 9.37 Å². The molecule has 1 N–H and O–H groups in total. The smallest absolute Gasteiger partial charge is 0.298 e. The lowest BCUT2D eigenvalue weighted by atomic mass is 9.79. The van der Waals surface area contributed by atoms with Crippen LogP contribution in [-0.4, -0.2) is 52.2 Å². The molecule has 2 aromatic heterocycles. The lowest BCUT2D eigenvalue weighted by molar-refractivity contribution is -0.135. The fraction of sp³-hybridized carbons (Fsp3) is 0.259. The van der Waals surface area contributed by atoms with Crippen LogP contribution >= 0.6 is 0 Å². The molecule has 2 saturated heterocycles. The van der Waals surface area contributed by atoms with Crippen molar-refractivity contribution in [2.75, 3.05) is 31.1 Å². The van der Waals surface area contributed by atoms with Gasteiger partial charge < -0.3 is 9.80 Å². The van der Waals surface area contributed by atoms with Crippen LogP contribution in [0.5, 0.6) is 0 Å². The molecule has 172 valence electrons. The monoisotopic (exact) mass is 464 g/mol. The van der Waals surface area contributed by atoms with E-state index in [9.17, 15) is 10.1 Å². The number of aromatic amines is 1. The van der Waals surface area contributed by atoms with Gasteiger partial charge in [0.05, 0.1) is 11.7 Å². The van der Waals surface area contributed by atoms with Crippen molar-refractivity contribution in [2.24, 2.45) is 5.41 Å². The number of terminal acetylenes is 1. The number of nitriles is 1. The van der Waals surface area contributed by atoms with Gasteiger partial charge in [0.15, 0.2) is 0 Å². The molecule has 2 fully saturated rings. The molecule has 4 aromatic rings. The van der Waals surface area contributed by atoms with Crippen molar-refractivity contribution in [3.05, 3.63) is 53.5 Å². The molecule has 8 heteroatoms. The lowest BCUT2D eigenvalue weighted by Gasteiger charge is -2.47. The number of para-hydroxylation sites is 1. The zero-order valence-corrected chi connectivity index (χ0v) is 19.1. The minimum atomic E-state index is -0.435. The number of likely N-dealkylation sites (tertiary alicyclic amines) is 1. The predicted octanol–water partition coefficient (Wildman–Crippen LogP) is 3.77. The van der Waals surface area contributed by atoms with Crippen LogP contribution in [0.4, 0.5) is 10.2 Å². The van der Waals surface area contributed by atoms with Gasteiger partial charge in [0.1, 0.15) is 28.8 Å². The van der Waals surface area contributed by atoms with Gasteiger partial charge in [-0.1, -0.05) is 18.2 Å². The number of nitrogens with zero attached hydrogens (tertiary/aromatic N) is 5. The highest BCUT2D eigenvalue weighted by atomic mass is 19.1. The topological polar surface area (TPSA) is 88.9 Å². The summed E-state index contributed by atoms with van der Waals surface area (Å²) >= 11 is 0. The van der Waals surface area contributed by atoms with Crippen molar-refractivity contribution < 1.29 is 9.18 Å². The third-order valence-electron chi connectivity index (χ3n) is 7.34. The first-order chi connectivity index (χ1) is 16.9. The molecule has 0 saturated carbocycles. The molecule has 2 aliphatic rings. The number of halogens is 1. The number of carbonyl (C=O) groups excluding carboxylic acids is 1. The summed E-state index contributed by atoms with van der Waals surface area (Å²) < 4.78 is 15.1. The van der Waals surface area contributed by atoms with Gasteiger partial charge in [-0.2, -0.15) is 10.4 Å². The quantitative estimate of drug-likeness (QED) is 0.456. The van der Waals surface area contributed by atoms with E-state index in [1.54, 1.807) is 17.2 Å². The molecule has 7 nitrogen and oxygen atoms in total. The third-order valence-corrected chi connectivity index (χ3v) is 7.34. The molecule has 2 aliphatic heterocycles. The summed E-state index contributed by atoms with van der Waals surface area (Å²) in [6.07, 6.45) is 7.85. The average molecular weight is 465 g/mol. The molecule has 0 bridgehead atoms. The summed E-state index contributed by atoms with van der Waals surface area (Å²) in [7, 11) is 0. The number of aryl methyl sites for hydroxylation is 1. The fourth-order valence-corrected chi connectivity index (χ4v) is 5.66. The Hall–Kier alpha value is -4.43. The Bertz CT molecular complexity index is 1620. The van der Waals surface area contributed by atoms with Gasteiger partial charge in [0.25, 0.3) is 5.91 Å². The van der Waals surface area contributed by atoms with Gasteiger partial charge in [-0.3, -0.25) is 9.89 Å². The Balaban J connectivity index is 1.54. The molecule has 0 atom stereocenters. The number of aromatic nitrogens is 3. The zero-order chi connectivity index (χ0) is 24.3. The molecule has 0 aliphatic carbocycles. The normalized spacial score (nSPS) is 16.5. The highest BCUT2D eigenvalue weighted by molar-refractivity contribution is 6.08. The highest BCUT2D eigenvalue weighted by Gasteiger charge is 2.49. The van der Waals surface area contributed by atoms with Crippen LogP contribution in [0.3, 0.4) is 0 Å². The Morgan fingerprint density at radius 1 is 1.20 bits per heavy atom. The van der Waals surface area contributed by atoms with E-state index in [1.165, 1.54) is 6.07 Å². The van der Waals surface area contributed by atoms with Crippen LogP contribution in [0, 0.1) is 41.8 Å². The number of anilines is 1. The fourth-order valence-electron chi connectivity index (χ4n) is 5.66. The first kappa shape index (κ1) is 21.1. The van der Waals surface area contributed by atoms with Gasteiger partial charge in [-0.05, 0) is 42.5 Å². The van der Waals surface area contributed by atoms with Crippen LogP contribution in [0.1, 0.15) is 17.5 Å². The molecular weight excluding hydrogens is 443 g/mol. The molecule has 1 amide bonds. The minimum absolute atomic E-state index is 0.0915. The van der Waals surface area contributed by atoms with Crippen molar-refractivity contribution in [2.45, 2.75) is 13.3 Å². The van der Waals surface area contributed by atoms with Crippen molar-refractivity contribution in [3.8, 4) is 29.5 Å². The van der Waals surface area contributed by atoms with E-state index < -0.39 is 5.82 Å². The first-order valence-corrected chi connectivity index (χ1v) is 11.4. The number of amides is 1. The van der Waals surface area contributed by atoms with Crippen LogP contribution < -0.4 is 4.90 Å². The van der Waals surface area contributed by atoms with Gasteiger partial charge >= 0.3 is 0 Å². The van der Waals surface area contributed by atoms with Gasteiger partial charge in [0.2, 0.25) is 0 Å². The summed E-state index contributed by atoms with van der Waals surface area (Å²) in [5, 5.41) is 19.0. The van der Waals surface area contributed by atoms with Crippen LogP contribution in [0.15, 0.2) is 36.5 Å². The molecule has 1 spiro atoms. The number of rotatable bonds is 2. The highest BCUT2D eigenvalue weighted by Crippen LogP contribution is 2.45. The van der Waals surface area contributed by atoms with E-state index in [4.69, 9.17) is 11.4 Å². The Morgan fingerprint density at radius 2 is 2.03 bits per heavy atom. The SMILES string of the molecule is C#CC(=O)N1CC2(CCN(c3nc4c(F)cccc4c(-c4c(C)ccc5[nH]ncc45)c3C#N)C2)C1. The predicted molar refractivity (Wildman–Crippen MR) is 131 cm³/mol. The summed E-state index contributed by atoms with van der Waals surface area (Å²) in [4.78, 5) is 20.3. The summed E-state index contributed by atoms with van der Waals surface area (Å²) in [5.41, 5.74) is 3.85. The van der Waals surface area contributed by atoms with E-state index in [1.807, 2.05) is 25.1 Å². The van der Waals surface area contributed by atoms with Crippen LogP contribution in [-0.2, 0) is 4.79 Å². The Morgan fingerprint density at radius 3 is 2.80 bits per heavy atom. The maximum atomic E-state index is 15.1. The largest absolute Gasteiger partial charge is 0.355 e. The molecule has 35 heavy (non-hydrogen) atoms. The number of benzene rings is 2. The second-order valence-electron chi connectivity index (χ2n) is 9.50. The van der Waals surface area contributed by atoms with Crippen molar-refractivity contribution >= 4 is 33.5 Å². The summed E-state index contributed by atoms with van der Waals surface area (Å²) in [6, 6.07) is 11.1. The first-order valence-electron chi connectivity index (χ1n) is 11.4. The molecule has 4 heterocycles. The number of hydrogen-bond acceptors (Lipinski definition) is 5. The van der Waals surface area contributed by atoms with Crippen LogP contribution in [0.2, 0.25) is 0 Å². The molecule has 0 radical (unpaired) electrons. The van der Waals surface area contributed by atoms with Crippen molar-refractivity contribution in [3.63, 3.8) is 0 Å².